The smallest absolute Gasteiger partial charge is 0.317 e. The van der Waals surface area contributed by atoms with Crippen molar-refractivity contribution in [3.05, 3.63) is 12.2 Å². The van der Waals surface area contributed by atoms with E-state index < -0.39 is 11.2 Å². The van der Waals surface area contributed by atoms with Crippen molar-refractivity contribution in [2.75, 3.05) is 20.3 Å². The van der Waals surface area contributed by atoms with Gasteiger partial charge in [0, 0.05) is 13.5 Å². The molecule has 2 aliphatic rings. The number of hydrogen-bond acceptors (Lipinski definition) is 4. The van der Waals surface area contributed by atoms with Crippen LogP contribution in [0.2, 0.25) is 0 Å². The highest BCUT2D eigenvalue weighted by Crippen LogP contribution is 2.56. The fourth-order valence-corrected chi connectivity index (χ4v) is 3.01. The normalized spacial score (nSPS) is 35.6. The Hall–Kier alpha value is -0.870. The van der Waals surface area contributed by atoms with E-state index in [1.54, 1.807) is 7.11 Å². The molecule has 1 heterocycles. The summed E-state index contributed by atoms with van der Waals surface area (Å²) in [6, 6.07) is 0. The van der Waals surface area contributed by atoms with Gasteiger partial charge in [0.05, 0.1) is 6.61 Å². The first-order chi connectivity index (χ1) is 8.06. The SMILES string of the molecule is C=C(C)COC(=O)C12CCCC1(OC)OCC2. The lowest BCUT2D eigenvalue weighted by atomic mass is 9.80. The molecular formula is C13H20O4. The predicted octanol–water partition coefficient (Wildman–Crippen LogP) is 2.04. The lowest BCUT2D eigenvalue weighted by Gasteiger charge is -2.35. The molecule has 1 aliphatic carbocycles. The molecule has 2 fully saturated rings. The topological polar surface area (TPSA) is 44.8 Å². The molecule has 0 aromatic rings. The maximum Gasteiger partial charge on any atom is 0.317 e. The number of esters is 1. The Labute approximate surface area is 102 Å². The van der Waals surface area contributed by atoms with E-state index in [0.717, 1.165) is 24.8 Å². The monoisotopic (exact) mass is 240 g/mol. The Morgan fingerprint density at radius 2 is 2.18 bits per heavy atom. The second kappa shape index (κ2) is 4.42. The van der Waals surface area contributed by atoms with Crippen LogP contribution < -0.4 is 0 Å². The summed E-state index contributed by atoms with van der Waals surface area (Å²) in [4.78, 5) is 12.3. The van der Waals surface area contributed by atoms with Gasteiger partial charge < -0.3 is 14.2 Å². The van der Waals surface area contributed by atoms with Crippen LogP contribution in [-0.4, -0.2) is 32.1 Å². The van der Waals surface area contributed by atoms with Gasteiger partial charge in [-0.1, -0.05) is 6.58 Å². The molecule has 1 saturated heterocycles. The summed E-state index contributed by atoms with van der Waals surface area (Å²) >= 11 is 0. The number of carbonyl (C=O) groups is 1. The Kier molecular flexibility index (Phi) is 3.27. The van der Waals surface area contributed by atoms with Gasteiger partial charge in [-0.25, -0.2) is 0 Å². The number of rotatable bonds is 4. The summed E-state index contributed by atoms with van der Waals surface area (Å²) in [7, 11) is 1.61. The van der Waals surface area contributed by atoms with Crippen LogP contribution in [0.15, 0.2) is 12.2 Å². The number of fused-ring (bicyclic) bond motifs is 1. The van der Waals surface area contributed by atoms with Crippen molar-refractivity contribution in [1.82, 2.24) is 0 Å². The minimum Gasteiger partial charge on any atom is -0.461 e. The fourth-order valence-electron chi connectivity index (χ4n) is 3.01. The summed E-state index contributed by atoms with van der Waals surface area (Å²) in [5, 5.41) is 0. The molecule has 0 aromatic carbocycles. The van der Waals surface area contributed by atoms with Crippen LogP contribution in [0.25, 0.3) is 0 Å². The lowest BCUT2D eigenvalue weighted by Crippen LogP contribution is -2.48. The molecule has 0 radical (unpaired) electrons. The summed E-state index contributed by atoms with van der Waals surface area (Å²) in [6.45, 7) is 6.42. The quantitative estimate of drug-likeness (QED) is 0.557. The lowest BCUT2D eigenvalue weighted by molar-refractivity contribution is -0.237. The highest BCUT2D eigenvalue weighted by molar-refractivity contribution is 5.79. The van der Waals surface area contributed by atoms with Gasteiger partial charge >= 0.3 is 5.97 Å². The Morgan fingerprint density at radius 1 is 1.41 bits per heavy atom. The molecular weight excluding hydrogens is 220 g/mol. The highest BCUT2D eigenvalue weighted by Gasteiger charge is 2.65. The van der Waals surface area contributed by atoms with Crippen molar-refractivity contribution in [2.45, 2.75) is 38.4 Å². The summed E-state index contributed by atoms with van der Waals surface area (Å²) in [5.41, 5.74) is 0.242. The second-order valence-corrected chi connectivity index (χ2v) is 5.02. The molecule has 2 atom stereocenters. The van der Waals surface area contributed by atoms with Crippen molar-refractivity contribution >= 4 is 5.97 Å². The molecule has 4 nitrogen and oxygen atoms in total. The van der Waals surface area contributed by atoms with Crippen LogP contribution in [-0.2, 0) is 19.0 Å². The molecule has 0 bridgehead atoms. The van der Waals surface area contributed by atoms with Crippen LogP contribution >= 0.6 is 0 Å². The van der Waals surface area contributed by atoms with E-state index in [9.17, 15) is 4.79 Å². The molecule has 0 spiro atoms. The van der Waals surface area contributed by atoms with Crippen LogP contribution in [0.4, 0.5) is 0 Å². The van der Waals surface area contributed by atoms with Gasteiger partial charge in [0.25, 0.3) is 0 Å². The minimum atomic E-state index is -0.751. The molecule has 17 heavy (non-hydrogen) atoms. The molecule has 0 N–H and O–H groups in total. The minimum absolute atomic E-state index is 0.197. The van der Waals surface area contributed by atoms with Crippen molar-refractivity contribution in [2.24, 2.45) is 5.41 Å². The second-order valence-electron chi connectivity index (χ2n) is 5.02. The first-order valence-corrected chi connectivity index (χ1v) is 6.07. The standard InChI is InChI=1S/C13H20O4/c1-10(2)9-16-11(14)12-5-4-6-13(12,15-3)17-8-7-12/h1,4-9H2,2-3H3. The van der Waals surface area contributed by atoms with Crippen molar-refractivity contribution in [3.8, 4) is 0 Å². The van der Waals surface area contributed by atoms with Crippen LogP contribution in [0.5, 0.6) is 0 Å². The Morgan fingerprint density at radius 3 is 2.82 bits per heavy atom. The third-order valence-electron chi connectivity index (χ3n) is 3.87. The van der Waals surface area contributed by atoms with Crippen LogP contribution in [0.1, 0.15) is 32.6 Å². The fraction of sp³-hybridized carbons (Fsp3) is 0.769. The summed E-state index contributed by atoms with van der Waals surface area (Å²) < 4.78 is 16.5. The van der Waals surface area contributed by atoms with Gasteiger partial charge in [-0.05, 0) is 31.8 Å². The molecule has 2 rings (SSSR count). The first-order valence-electron chi connectivity index (χ1n) is 6.07. The van der Waals surface area contributed by atoms with Crippen molar-refractivity contribution < 1.29 is 19.0 Å². The summed E-state index contributed by atoms with van der Waals surface area (Å²) in [5.74, 6) is -0.948. The first kappa shape index (κ1) is 12.6. The van der Waals surface area contributed by atoms with Crippen molar-refractivity contribution in [3.63, 3.8) is 0 Å². The molecule has 2 unspecified atom stereocenters. The van der Waals surface area contributed by atoms with Gasteiger partial charge in [0.1, 0.15) is 12.0 Å². The van der Waals surface area contributed by atoms with E-state index in [2.05, 4.69) is 6.58 Å². The maximum absolute atomic E-state index is 12.3. The molecule has 1 saturated carbocycles. The average Bonchev–Trinajstić information content (AvgIpc) is 2.81. The van der Waals surface area contributed by atoms with Gasteiger partial charge in [-0.3, -0.25) is 4.79 Å². The molecule has 96 valence electrons. The average molecular weight is 240 g/mol. The third kappa shape index (κ3) is 1.79. The zero-order valence-electron chi connectivity index (χ0n) is 10.6. The van der Waals surface area contributed by atoms with E-state index in [0.29, 0.717) is 13.0 Å². The number of hydrogen-bond donors (Lipinski definition) is 0. The van der Waals surface area contributed by atoms with Crippen LogP contribution in [0.3, 0.4) is 0 Å². The van der Waals surface area contributed by atoms with Crippen molar-refractivity contribution in [1.29, 1.82) is 0 Å². The molecule has 0 aromatic heterocycles. The van der Waals surface area contributed by atoms with E-state index in [4.69, 9.17) is 14.2 Å². The Balaban J connectivity index is 2.16. The van der Waals surface area contributed by atoms with E-state index >= 15 is 0 Å². The van der Waals surface area contributed by atoms with E-state index in [-0.39, 0.29) is 12.6 Å². The Bertz CT molecular complexity index is 324. The number of ether oxygens (including phenoxy) is 3. The van der Waals surface area contributed by atoms with Gasteiger partial charge in [0.15, 0.2) is 5.79 Å². The van der Waals surface area contributed by atoms with Gasteiger partial charge in [-0.15, -0.1) is 0 Å². The van der Waals surface area contributed by atoms with E-state index in [1.807, 2.05) is 6.92 Å². The largest absolute Gasteiger partial charge is 0.461 e. The van der Waals surface area contributed by atoms with Gasteiger partial charge in [0.2, 0.25) is 0 Å². The molecule has 1 aliphatic heterocycles. The molecule has 4 heteroatoms. The highest BCUT2D eigenvalue weighted by atomic mass is 16.7. The van der Waals surface area contributed by atoms with E-state index in [1.165, 1.54) is 0 Å². The zero-order chi connectivity index (χ0) is 12.5. The zero-order valence-corrected chi connectivity index (χ0v) is 10.6. The molecule has 0 amide bonds. The number of carbonyl (C=O) groups excluding carboxylic acids is 1. The van der Waals surface area contributed by atoms with Gasteiger partial charge in [-0.2, -0.15) is 0 Å². The maximum atomic E-state index is 12.3. The predicted molar refractivity (Wildman–Crippen MR) is 62.4 cm³/mol. The third-order valence-corrected chi connectivity index (χ3v) is 3.87. The van der Waals surface area contributed by atoms with Crippen LogP contribution in [0, 0.1) is 5.41 Å². The number of methoxy groups -OCH3 is 1. The summed E-state index contributed by atoms with van der Waals surface area (Å²) in [6.07, 6.45) is 3.19.